The summed E-state index contributed by atoms with van der Waals surface area (Å²) in [5.41, 5.74) is 1.24. The Kier molecular flexibility index (Phi) is 5.37. The number of carbonyl (C=O) groups excluding carboxylic acids is 1. The Balaban J connectivity index is 1.85. The van der Waals surface area contributed by atoms with Crippen molar-refractivity contribution in [3.8, 4) is 5.75 Å². The molecule has 4 nitrogen and oxygen atoms in total. The third kappa shape index (κ3) is 4.31. The van der Waals surface area contributed by atoms with Crippen molar-refractivity contribution in [2.75, 3.05) is 0 Å². The maximum absolute atomic E-state index is 12.1. The van der Waals surface area contributed by atoms with Crippen molar-refractivity contribution >= 4 is 11.9 Å². The van der Waals surface area contributed by atoms with Crippen LogP contribution < -0.4 is 4.74 Å². The predicted molar refractivity (Wildman–Crippen MR) is 79.2 cm³/mol. The molecule has 1 aliphatic rings. The van der Waals surface area contributed by atoms with Crippen molar-refractivity contribution in [1.29, 1.82) is 0 Å². The van der Waals surface area contributed by atoms with E-state index in [0.29, 0.717) is 31.4 Å². The van der Waals surface area contributed by atoms with E-state index in [1.165, 1.54) is 5.56 Å². The van der Waals surface area contributed by atoms with Gasteiger partial charge in [-0.3, -0.25) is 9.59 Å². The summed E-state index contributed by atoms with van der Waals surface area (Å²) < 4.78 is 5.40. The van der Waals surface area contributed by atoms with E-state index >= 15 is 0 Å². The summed E-state index contributed by atoms with van der Waals surface area (Å²) in [6, 6.07) is 7.61. The molecule has 1 fully saturated rings. The fourth-order valence-electron chi connectivity index (χ4n) is 2.79. The molecule has 0 atom stereocenters. The van der Waals surface area contributed by atoms with Gasteiger partial charge in [-0.2, -0.15) is 0 Å². The lowest BCUT2D eigenvalue weighted by atomic mass is 9.82. The zero-order chi connectivity index (χ0) is 15.2. The van der Waals surface area contributed by atoms with Crippen molar-refractivity contribution < 1.29 is 19.4 Å². The summed E-state index contributed by atoms with van der Waals surface area (Å²) in [5.74, 6) is -0.895. The number of carboxylic acid groups (broad SMARTS) is 1. The molecule has 2 rings (SSSR count). The van der Waals surface area contributed by atoms with Gasteiger partial charge in [0, 0.05) is 0 Å². The molecule has 0 spiro atoms. The van der Waals surface area contributed by atoms with Crippen LogP contribution in [0.25, 0.3) is 0 Å². The lowest BCUT2D eigenvalue weighted by molar-refractivity contribution is -0.146. The second-order valence-corrected chi connectivity index (χ2v) is 5.70. The molecule has 0 unspecified atom stereocenters. The molecule has 21 heavy (non-hydrogen) atoms. The summed E-state index contributed by atoms with van der Waals surface area (Å²) in [5, 5.41) is 8.95. The minimum absolute atomic E-state index is 0.170. The molecular weight excluding hydrogens is 268 g/mol. The highest BCUT2D eigenvalue weighted by molar-refractivity contribution is 5.76. The number of hydrogen-bond acceptors (Lipinski definition) is 3. The van der Waals surface area contributed by atoms with Gasteiger partial charge in [-0.1, -0.05) is 25.5 Å². The molecule has 0 amide bonds. The molecule has 1 aromatic carbocycles. The highest BCUT2D eigenvalue weighted by atomic mass is 16.5. The summed E-state index contributed by atoms with van der Waals surface area (Å²) in [7, 11) is 0. The molecule has 0 heterocycles. The second-order valence-electron chi connectivity index (χ2n) is 5.70. The van der Waals surface area contributed by atoms with Crippen molar-refractivity contribution in [3.63, 3.8) is 0 Å². The SMILES string of the molecule is CCCc1ccc(OC(=O)C2CCC(C(=O)O)CC2)cc1. The number of aliphatic carboxylic acids is 1. The molecule has 1 aromatic rings. The monoisotopic (exact) mass is 290 g/mol. The first kappa shape index (κ1) is 15.5. The van der Waals surface area contributed by atoms with Gasteiger partial charge in [0.15, 0.2) is 0 Å². The van der Waals surface area contributed by atoms with Crippen LogP contribution in [-0.2, 0) is 16.0 Å². The Bertz CT molecular complexity index is 484. The van der Waals surface area contributed by atoms with Crippen molar-refractivity contribution in [2.45, 2.75) is 45.4 Å². The molecule has 0 radical (unpaired) electrons. The van der Waals surface area contributed by atoms with E-state index in [1.54, 1.807) is 0 Å². The number of carbonyl (C=O) groups is 2. The smallest absolute Gasteiger partial charge is 0.314 e. The van der Waals surface area contributed by atoms with Crippen LogP contribution in [0.4, 0.5) is 0 Å². The Labute approximate surface area is 125 Å². The van der Waals surface area contributed by atoms with Crippen molar-refractivity contribution in [3.05, 3.63) is 29.8 Å². The van der Waals surface area contributed by atoms with E-state index in [0.717, 1.165) is 12.8 Å². The van der Waals surface area contributed by atoms with E-state index in [1.807, 2.05) is 24.3 Å². The maximum atomic E-state index is 12.1. The van der Waals surface area contributed by atoms with Gasteiger partial charge in [-0.05, 0) is 49.8 Å². The average Bonchev–Trinajstić information content (AvgIpc) is 2.49. The molecule has 114 valence electrons. The number of aryl methyl sites for hydroxylation is 1. The van der Waals surface area contributed by atoms with E-state index in [2.05, 4.69) is 6.92 Å². The van der Waals surface area contributed by atoms with Gasteiger partial charge in [0.1, 0.15) is 5.75 Å². The molecule has 0 bridgehead atoms. The van der Waals surface area contributed by atoms with Crippen LogP contribution in [0.2, 0.25) is 0 Å². The van der Waals surface area contributed by atoms with Crippen LogP contribution in [0, 0.1) is 11.8 Å². The quantitative estimate of drug-likeness (QED) is 0.666. The normalized spacial score (nSPS) is 21.8. The molecule has 0 aromatic heterocycles. The third-order valence-electron chi connectivity index (χ3n) is 4.09. The second kappa shape index (κ2) is 7.25. The van der Waals surface area contributed by atoms with Crippen LogP contribution in [0.5, 0.6) is 5.75 Å². The van der Waals surface area contributed by atoms with E-state index in [9.17, 15) is 9.59 Å². The van der Waals surface area contributed by atoms with Gasteiger partial charge in [0.2, 0.25) is 0 Å². The maximum Gasteiger partial charge on any atom is 0.314 e. The number of benzene rings is 1. The van der Waals surface area contributed by atoms with Crippen LogP contribution in [0.1, 0.15) is 44.6 Å². The summed E-state index contributed by atoms with van der Waals surface area (Å²) in [4.78, 5) is 23.0. The summed E-state index contributed by atoms with van der Waals surface area (Å²) in [6.07, 6.45) is 4.43. The zero-order valence-corrected chi connectivity index (χ0v) is 12.4. The Morgan fingerprint density at radius 2 is 1.67 bits per heavy atom. The number of rotatable bonds is 5. The minimum atomic E-state index is -0.756. The summed E-state index contributed by atoms with van der Waals surface area (Å²) >= 11 is 0. The van der Waals surface area contributed by atoms with Gasteiger partial charge in [-0.15, -0.1) is 0 Å². The zero-order valence-electron chi connectivity index (χ0n) is 12.4. The molecule has 1 N–H and O–H groups in total. The van der Waals surface area contributed by atoms with Crippen LogP contribution in [0.15, 0.2) is 24.3 Å². The average molecular weight is 290 g/mol. The Morgan fingerprint density at radius 3 is 2.19 bits per heavy atom. The van der Waals surface area contributed by atoms with Crippen LogP contribution in [0.3, 0.4) is 0 Å². The van der Waals surface area contributed by atoms with Gasteiger partial charge < -0.3 is 9.84 Å². The standard InChI is InChI=1S/C17H22O4/c1-2-3-12-4-10-15(11-5-12)21-17(20)14-8-6-13(7-9-14)16(18)19/h4-5,10-11,13-14H,2-3,6-9H2,1H3,(H,18,19). The van der Waals surface area contributed by atoms with Gasteiger partial charge in [0.25, 0.3) is 0 Å². The van der Waals surface area contributed by atoms with Crippen molar-refractivity contribution in [2.24, 2.45) is 11.8 Å². The molecule has 0 aliphatic heterocycles. The lowest BCUT2D eigenvalue weighted by Crippen LogP contribution is -2.28. The molecule has 1 saturated carbocycles. The van der Waals surface area contributed by atoms with E-state index in [4.69, 9.17) is 9.84 Å². The van der Waals surface area contributed by atoms with Crippen LogP contribution in [-0.4, -0.2) is 17.0 Å². The predicted octanol–water partition coefficient (Wildman–Crippen LogP) is 3.44. The number of esters is 1. The highest BCUT2D eigenvalue weighted by Gasteiger charge is 2.30. The number of hydrogen-bond donors (Lipinski definition) is 1. The molecule has 0 saturated heterocycles. The first-order chi connectivity index (χ1) is 10.1. The molecule has 1 aliphatic carbocycles. The lowest BCUT2D eigenvalue weighted by Gasteiger charge is -2.24. The van der Waals surface area contributed by atoms with Crippen LogP contribution >= 0.6 is 0 Å². The Morgan fingerprint density at radius 1 is 1.10 bits per heavy atom. The number of ether oxygens (including phenoxy) is 1. The fraction of sp³-hybridized carbons (Fsp3) is 0.529. The summed E-state index contributed by atoms with van der Waals surface area (Å²) in [6.45, 7) is 2.13. The fourth-order valence-corrected chi connectivity index (χ4v) is 2.79. The third-order valence-corrected chi connectivity index (χ3v) is 4.09. The van der Waals surface area contributed by atoms with E-state index < -0.39 is 5.97 Å². The molecule has 4 heteroatoms. The topological polar surface area (TPSA) is 63.6 Å². The van der Waals surface area contributed by atoms with Gasteiger partial charge >= 0.3 is 11.9 Å². The first-order valence-corrected chi connectivity index (χ1v) is 7.63. The first-order valence-electron chi connectivity index (χ1n) is 7.63. The number of carboxylic acids is 1. The van der Waals surface area contributed by atoms with Gasteiger partial charge in [-0.25, -0.2) is 0 Å². The largest absolute Gasteiger partial charge is 0.481 e. The Hall–Kier alpha value is -1.84. The molecular formula is C17H22O4. The minimum Gasteiger partial charge on any atom is -0.481 e. The van der Waals surface area contributed by atoms with E-state index in [-0.39, 0.29) is 17.8 Å². The van der Waals surface area contributed by atoms with Crippen molar-refractivity contribution in [1.82, 2.24) is 0 Å². The highest BCUT2D eigenvalue weighted by Crippen LogP contribution is 2.30. The van der Waals surface area contributed by atoms with Gasteiger partial charge in [0.05, 0.1) is 11.8 Å².